The molecule has 2 nitrogen and oxygen atoms in total. The quantitative estimate of drug-likeness (QED) is 0.406. The van der Waals surface area contributed by atoms with Crippen LogP contribution in [0.2, 0.25) is 0 Å². The highest BCUT2D eigenvalue weighted by Crippen LogP contribution is 1.87. The zero-order valence-electron chi connectivity index (χ0n) is 5.98. The predicted octanol–water partition coefficient (Wildman–Crippen LogP) is 1.28. The molecule has 0 aromatic carbocycles. The van der Waals surface area contributed by atoms with E-state index < -0.39 is 0 Å². The Morgan fingerprint density at radius 1 is 1.38 bits per heavy atom. The van der Waals surface area contributed by atoms with E-state index in [2.05, 4.69) is 6.92 Å². The Hall–Kier alpha value is -0.0800. The van der Waals surface area contributed by atoms with Crippen molar-refractivity contribution in [3.63, 3.8) is 0 Å². The molecule has 8 heavy (non-hydrogen) atoms. The molecule has 50 valence electrons. The van der Waals surface area contributed by atoms with Crippen LogP contribution >= 0.6 is 0 Å². The van der Waals surface area contributed by atoms with Crippen molar-refractivity contribution in [2.75, 3.05) is 20.7 Å². The van der Waals surface area contributed by atoms with E-state index in [1.807, 2.05) is 14.1 Å². The molecule has 0 fully saturated rings. The number of nitrogens with zero attached hydrogens (tertiary/aromatic N) is 1. The van der Waals surface area contributed by atoms with Crippen molar-refractivity contribution in [3.8, 4) is 0 Å². The fourth-order valence-electron chi connectivity index (χ4n) is 0.391. The second kappa shape index (κ2) is 5.06. The zero-order valence-corrected chi connectivity index (χ0v) is 5.98. The summed E-state index contributed by atoms with van der Waals surface area (Å²) in [6.45, 7) is 3.00. The first-order valence-corrected chi connectivity index (χ1v) is 3.07. The molecule has 0 aromatic rings. The maximum absolute atomic E-state index is 5.12. The first-order valence-electron chi connectivity index (χ1n) is 3.07. The Kier molecular flexibility index (Phi) is 5.01. The summed E-state index contributed by atoms with van der Waals surface area (Å²) in [5, 5.41) is 1.73. The molecule has 0 aliphatic heterocycles. The maximum Gasteiger partial charge on any atom is 0.0684 e. The van der Waals surface area contributed by atoms with Crippen LogP contribution in [0.5, 0.6) is 0 Å². The molecule has 0 saturated heterocycles. The summed E-state index contributed by atoms with van der Waals surface area (Å²) in [5.41, 5.74) is 0. The predicted molar refractivity (Wildman–Crippen MR) is 34.5 cm³/mol. The largest absolute Gasteiger partial charge is 0.300 e. The summed E-state index contributed by atoms with van der Waals surface area (Å²) in [6.07, 6.45) is 2.35. The lowest BCUT2D eigenvalue weighted by molar-refractivity contribution is -0.120. The van der Waals surface area contributed by atoms with E-state index in [4.69, 9.17) is 4.84 Å². The van der Waals surface area contributed by atoms with Gasteiger partial charge in [-0.2, -0.15) is 5.06 Å². The van der Waals surface area contributed by atoms with Crippen molar-refractivity contribution in [1.82, 2.24) is 5.06 Å². The number of hydroxylamine groups is 2. The van der Waals surface area contributed by atoms with Crippen molar-refractivity contribution in [2.45, 2.75) is 19.8 Å². The third-order valence-electron chi connectivity index (χ3n) is 0.847. The topological polar surface area (TPSA) is 12.5 Å². The van der Waals surface area contributed by atoms with Crippen LogP contribution in [0.4, 0.5) is 0 Å². The Bertz CT molecular complexity index is 45.8. The summed E-state index contributed by atoms with van der Waals surface area (Å²) in [7, 11) is 3.80. The minimum atomic E-state index is 0.851. The van der Waals surface area contributed by atoms with E-state index in [0.29, 0.717) is 0 Å². The molecule has 0 atom stereocenters. The Balaban J connectivity index is 2.72. The fourth-order valence-corrected chi connectivity index (χ4v) is 0.391. The van der Waals surface area contributed by atoms with Crippen LogP contribution in [0.15, 0.2) is 0 Å². The lowest BCUT2D eigenvalue weighted by atomic mass is 10.4. The van der Waals surface area contributed by atoms with Crippen LogP contribution < -0.4 is 0 Å². The van der Waals surface area contributed by atoms with Crippen LogP contribution in [0.25, 0.3) is 0 Å². The van der Waals surface area contributed by atoms with Crippen LogP contribution in [0.1, 0.15) is 19.8 Å². The van der Waals surface area contributed by atoms with E-state index in [9.17, 15) is 0 Å². The monoisotopic (exact) mass is 117 g/mol. The number of hydrogen-bond acceptors (Lipinski definition) is 2. The first-order chi connectivity index (χ1) is 3.77. The van der Waals surface area contributed by atoms with E-state index in [0.717, 1.165) is 13.0 Å². The molecule has 0 unspecified atom stereocenters. The highest BCUT2D eigenvalue weighted by atomic mass is 16.7. The van der Waals surface area contributed by atoms with Gasteiger partial charge in [0.1, 0.15) is 0 Å². The average molecular weight is 117 g/mol. The highest BCUT2D eigenvalue weighted by Gasteiger charge is 1.85. The fraction of sp³-hybridized carbons (Fsp3) is 1.00. The van der Waals surface area contributed by atoms with Gasteiger partial charge in [0, 0.05) is 14.1 Å². The maximum atomic E-state index is 5.12. The normalized spacial score (nSPS) is 10.5. The van der Waals surface area contributed by atoms with Gasteiger partial charge in [-0.05, 0) is 6.42 Å². The molecule has 0 saturated carbocycles. The number of hydrogen-bond donors (Lipinski definition) is 0. The number of rotatable bonds is 4. The second-order valence-electron chi connectivity index (χ2n) is 2.00. The SMILES string of the molecule is CCCCON(C)C. The van der Waals surface area contributed by atoms with Crippen molar-refractivity contribution in [2.24, 2.45) is 0 Å². The van der Waals surface area contributed by atoms with Gasteiger partial charge in [-0.25, -0.2) is 0 Å². The van der Waals surface area contributed by atoms with E-state index in [-0.39, 0.29) is 0 Å². The Morgan fingerprint density at radius 3 is 2.38 bits per heavy atom. The summed E-state index contributed by atoms with van der Waals surface area (Å²) in [4.78, 5) is 5.12. The van der Waals surface area contributed by atoms with Crippen LogP contribution in [-0.2, 0) is 4.84 Å². The highest BCUT2D eigenvalue weighted by molar-refractivity contribution is 4.27. The summed E-state index contributed by atoms with van der Waals surface area (Å²) in [5.74, 6) is 0. The molecule has 0 aliphatic rings. The zero-order chi connectivity index (χ0) is 6.41. The minimum Gasteiger partial charge on any atom is -0.300 e. The molecule has 0 amide bonds. The lowest BCUT2D eigenvalue weighted by Crippen LogP contribution is -2.12. The first kappa shape index (κ1) is 7.92. The minimum absolute atomic E-state index is 0.851. The molecule has 0 radical (unpaired) electrons. The van der Waals surface area contributed by atoms with E-state index >= 15 is 0 Å². The van der Waals surface area contributed by atoms with Crippen molar-refractivity contribution in [1.29, 1.82) is 0 Å². The Morgan fingerprint density at radius 2 is 2.00 bits per heavy atom. The molecular formula is C6H15NO. The van der Waals surface area contributed by atoms with Crippen LogP contribution in [-0.4, -0.2) is 25.8 Å². The van der Waals surface area contributed by atoms with Gasteiger partial charge in [-0.15, -0.1) is 0 Å². The second-order valence-corrected chi connectivity index (χ2v) is 2.00. The summed E-state index contributed by atoms with van der Waals surface area (Å²) >= 11 is 0. The average Bonchev–Trinajstić information content (AvgIpc) is 1.66. The molecule has 0 bridgehead atoms. The van der Waals surface area contributed by atoms with Crippen molar-refractivity contribution in [3.05, 3.63) is 0 Å². The lowest BCUT2D eigenvalue weighted by Gasteiger charge is -2.08. The Labute approximate surface area is 51.4 Å². The third kappa shape index (κ3) is 5.92. The smallest absolute Gasteiger partial charge is 0.0684 e. The van der Waals surface area contributed by atoms with Gasteiger partial charge in [0.25, 0.3) is 0 Å². The van der Waals surface area contributed by atoms with Gasteiger partial charge >= 0.3 is 0 Å². The standard InChI is InChI=1S/C6H15NO/c1-4-5-6-8-7(2)3/h4-6H2,1-3H3. The van der Waals surface area contributed by atoms with Gasteiger partial charge in [0.2, 0.25) is 0 Å². The van der Waals surface area contributed by atoms with Gasteiger partial charge in [-0.1, -0.05) is 13.3 Å². The molecule has 0 aliphatic carbocycles. The van der Waals surface area contributed by atoms with Gasteiger partial charge in [-0.3, -0.25) is 4.84 Å². The van der Waals surface area contributed by atoms with E-state index in [1.54, 1.807) is 5.06 Å². The summed E-state index contributed by atoms with van der Waals surface area (Å²) in [6, 6.07) is 0. The molecule has 0 spiro atoms. The number of unbranched alkanes of at least 4 members (excludes halogenated alkanes) is 1. The van der Waals surface area contributed by atoms with Crippen LogP contribution in [0, 0.1) is 0 Å². The molecular weight excluding hydrogens is 102 g/mol. The molecule has 0 N–H and O–H groups in total. The molecule has 0 aromatic heterocycles. The van der Waals surface area contributed by atoms with E-state index in [1.165, 1.54) is 6.42 Å². The molecule has 0 rings (SSSR count). The van der Waals surface area contributed by atoms with Crippen LogP contribution in [0.3, 0.4) is 0 Å². The summed E-state index contributed by atoms with van der Waals surface area (Å²) < 4.78 is 0. The molecule has 2 heteroatoms. The molecule has 0 heterocycles. The van der Waals surface area contributed by atoms with Crippen molar-refractivity contribution < 1.29 is 4.84 Å². The van der Waals surface area contributed by atoms with Gasteiger partial charge in [0.15, 0.2) is 0 Å². The third-order valence-corrected chi connectivity index (χ3v) is 0.847. The van der Waals surface area contributed by atoms with Gasteiger partial charge < -0.3 is 0 Å². The van der Waals surface area contributed by atoms with Crippen molar-refractivity contribution >= 4 is 0 Å². The van der Waals surface area contributed by atoms with Gasteiger partial charge in [0.05, 0.1) is 6.61 Å².